The van der Waals surface area contributed by atoms with Crippen LogP contribution in [0.25, 0.3) is 27.6 Å². The molecule has 0 aliphatic rings. The second-order valence-electron chi connectivity index (χ2n) is 9.06. The summed E-state index contributed by atoms with van der Waals surface area (Å²) in [7, 11) is -3.40. The molecule has 9 nitrogen and oxygen atoms in total. The average Bonchev–Trinajstić information content (AvgIpc) is 2.89. The Hall–Kier alpha value is -4.41. The van der Waals surface area contributed by atoms with E-state index in [2.05, 4.69) is 20.0 Å². The number of sulfonamides is 1. The molecule has 5 aromatic rings. The molecular formula is C28H25ClN6O3S. The molecule has 0 amide bonds. The highest BCUT2D eigenvalue weighted by Crippen LogP contribution is 2.32. The molecule has 0 saturated carbocycles. The molecule has 0 unspecified atom stereocenters. The maximum atomic E-state index is 13.8. The number of nitrogen functional groups attached to an aromatic ring is 1. The predicted octanol–water partition coefficient (Wildman–Crippen LogP) is 5.23. The van der Waals surface area contributed by atoms with Crippen LogP contribution in [0.3, 0.4) is 0 Å². The number of hydrogen-bond acceptors (Lipinski definition) is 7. The minimum Gasteiger partial charge on any atom is -0.368 e. The van der Waals surface area contributed by atoms with E-state index in [4.69, 9.17) is 17.3 Å². The molecule has 11 heteroatoms. The molecule has 3 aromatic carbocycles. The van der Waals surface area contributed by atoms with Gasteiger partial charge in [-0.15, -0.1) is 0 Å². The molecule has 0 aliphatic heterocycles. The van der Waals surface area contributed by atoms with E-state index in [0.29, 0.717) is 38.9 Å². The molecule has 0 radical (unpaired) electrons. The van der Waals surface area contributed by atoms with E-state index in [-0.39, 0.29) is 11.5 Å². The second-order valence-corrected chi connectivity index (χ2v) is 11.2. The van der Waals surface area contributed by atoms with Gasteiger partial charge >= 0.3 is 0 Å². The van der Waals surface area contributed by atoms with Crippen molar-refractivity contribution in [2.45, 2.75) is 13.0 Å². The van der Waals surface area contributed by atoms with Crippen molar-refractivity contribution in [3.63, 3.8) is 0 Å². The van der Waals surface area contributed by atoms with Crippen LogP contribution in [0.1, 0.15) is 18.7 Å². The number of nitrogens with two attached hydrogens (primary N) is 1. The standard InChI is InChI=1S/C28H25ClN6O3S/c1-17(24-15-19-7-6-10-23(29)25(19)27(36)35(24)21-8-4-3-5-9-21)32-26-22(16-31-28(30)33-26)18-11-13-20(14-12-18)34-39(2,37)38/h3-17,34H,1-2H3,(H3,30,31,32,33)/t17-/m0/s1. The molecular weight excluding hydrogens is 536 g/mol. The zero-order chi connectivity index (χ0) is 27.7. The Morgan fingerprint density at radius 1 is 1.00 bits per heavy atom. The summed E-state index contributed by atoms with van der Waals surface area (Å²) in [5.41, 5.74) is 8.93. The third kappa shape index (κ3) is 5.57. The van der Waals surface area contributed by atoms with Crippen LogP contribution in [0, 0.1) is 0 Å². The third-order valence-electron chi connectivity index (χ3n) is 6.14. The van der Waals surface area contributed by atoms with Crippen LogP contribution in [0.4, 0.5) is 17.5 Å². The summed E-state index contributed by atoms with van der Waals surface area (Å²) in [6, 6.07) is 23.1. The summed E-state index contributed by atoms with van der Waals surface area (Å²) in [6.45, 7) is 1.92. The first-order valence-corrected chi connectivity index (χ1v) is 14.2. The predicted molar refractivity (Wildman–Crippen MR) is 157 cm³/mol. The molecule has 0 bridgehead atoms. The van der Waals surface area contributed by atoms with Gasteiger partial charge in [-0.1, -0.05) is 54.1 Å². The maximum Gasteiger partial charge on any atom is 0.264 e. The van der Waals surface area contributed by atoms with Gasteiger partial charge in [-0.2, -0.15) is 4.98 Å². The lowest BCUT2D eigenvalue weighted by Crippen LogP contribution is -2.26. The lowest BCUT2D eigenvalue weighted by molar-refractivity contribution is 0.607. The van der Waals surface area contributed by atoms with Crippen molar-refractivity contribution < 1.29 is 8.42 Å². The number of fused-ring (bicyclic) bond motifs is 1. The minimum atomic E-state index is -3.40. The van der Waals surface area contributed by atoms with Crippen molar-refractivity contribution in [2.24, 2.45) is 0 Å². The van der Waals surface area contributed by atoms with Gasteiger partial charge in [0.2, 0.25) is 16.0 Å². The SMILES string of the molecule is C[C@H](Nc1nc(N)ncc1-c1ccc(NS(C)(=O)=O)cc1)c1cc2cccc(Cl)c2c(=O)n1-c1ccccc1. The Morgan fingerprint density at radius 3 is 2.41 bits per heavy atom. The number of hydrogen-bond donors (Lipinski definition) is 3. The molecule has 2 heterocycles. The van der Waals surface area contributed by atoms with Gasteiger partial charge in [0.05, 0.1) is 22.7 Å². The van der Waals surface area contributed by atoms with Gasteiger partial charge in [-0.05, 0) is 54.3 Å². The third-order valence-corrected chi connectivity index (χ3v) is 7.06. The lowest BCUT2D eigenvalue weighted by atomic mass is 10.1. The van der Waals surface area contributed by atoms with Gasteiger partial charge in [-0.3, -0.25) is 14.1 Å². The summed E-state index contributed by atoms with van der Waals surface area (Å²) >= 11 is 6.44. The molecule has 198 valence electrons. The van der Waals surface area contributed by atoms with E-state index >= 15 is 0 Å². The number of rotatable bonds is 7. The van der Waals surface area contributed by atoms with Crippen LogP contribution >= 0.6 is 11.6 Å². The summed E-state index contributed by atoms with van der Waals surface area (Å²) in [5.74, 6) is 0.534. The maximum absolute atomic E-state index is 13.8. The van der Waals surface area contributed by atoms with Crippen molar-refractivity contribution in [1.29, 1.82) is 0 Å². The van der Waals surface area contributed by atoms with Crippen molar-refractivity contribution >= 4 is 49.9 Å². The summed E-state index contributed by atoms with van der Waals surface area (Å²) in [5, 5.41) is 4.94. The molecule has 0 saturated heterocycles. The fraction of sp³-hybridized carbons (Fsp3) is 0.107. The molecule has 2 aromatic heterocycles. The van der Waals surface area contributed by atoms with Crippen molar-refractivity contribution in [3.8, 4) is 16.8 Å². The number of pyridine rings is 1. The van der Waals surface area contributed by atoms with Crippen LogP contribution in [-0.4, -0.2) is 29.2 Å². The average molecular weight is 561 g/mol. The fourth-order valence-electron chi connectivity index (χ4n) is 4.43. The van der Waals surface area contributed by atoms with Crippen LogP contribution < -0.4 is 21.3 Å². The van der Waals surface area contributed by atoms with Gasteiger partial charge in [0.25, 0.3) is 5.56 Å². The first-order chi connectivity index (χ1) is 18.6. The summed E-state index contributed by atoms with van der Waals surface area (Å²) in [6.07, 6.45) is 2.69. The second kappa shape index (κ2) is 10.4. The van der Waals surface area contributed by atoms with Gasteiger partial charge in [0.1, 0.15) is 5.82 Å². The van der Waals surface area contributed by atoms with Gasteiger partial charge in [0.15, 0.2) is 0 Å². The molecule has 1 atom stereocenters. The van der Waals surface area contributed by atoms with Crippen molar-refractivity contribution in [1.82, 2.24) is 14.5 Å². The number of para-hydroxylation sites is 1. The Bertz CT molecular complexity index is 1840. The molecule has 4 N–H and O–H groups in total. The Balaban J connectivity index is 1.59. The highest BCUT2D eigenvalue weighted by Gasteiger charge is 2.20. The fourth-order valence-corrected chi connectivity index (χ4v) is 5.26. The number of anilines is 3. The highest BCUT2D eigenvalue weighted by molar-refractivity contribution is 7.92. The van der Waals surface area contributed by atoms with E-state index in [9.17, 15) is 13.2 Å². The Labute approximate surface area is 230 Å². The zero-order valence-corrected chi connectivity index (χ0v) is 22.7. The lowest BCUT2D eigenvalue weighted by Gasteiger charge is -2.23. The number of aromatic nitrogens is 3. The van der Waals surface area contributed by atoms with E-state index in [1.54, 1.807) is 41.1 Å². The molecule has 0 aliphatic carbocycles. The van der Waals surface area contributed by atoms with Crippen LogP contribution in [0.15, 0.2) is 89.9 Å². The highest BCUT2D eigenvalue weighted by atomic mass is 35.5. The smallest absolute Gasteiger partial charge is 0.264 e. The largest absolute Gasteiger partial charge is 0.368 e. The number of nitrogens with zero attached hydrogens (tertiary/aromatic N) is 3. The normalized spacial score (nSPS) is 12.3. The van der Waals surface area contributed by atoms with E-state index in [1.165, 1.54) is 0 Å². The van der Waals surface area contributed by atoms with Gasteiger partial charge in [-0.25, -0.2) is 13.4 Å². The number of nitrogens with one attached hydrogen (secondary N) is 2. The van der Waals surface area contributed by atoms with E-state index < -0.39 is 16.1 Å². The van der Waals surface area contributed by atoms with Gasteiger partial charge in [0, 0.05) is 28.8 Å². The summed E-state index contributed by atoms with van der Waals surface area (Å²) in [4.78, 5) is 22.3. The van der Waals surface area contributed by atoms with E-state index in [0.717, 1.165) is 17.2 Å². The van der Waals surface area contributed by atoms with Gasteiger partial charge < -0.3 is 11.1 Å². The Morgan fingerprint density at radius 2 is 1.72 bits per heavy atom. The molecule has 39 heavy (non-hydrogen) atoms. The first-order valence-electron chi connectivity index (χ1n) is 12.0. The van der Waals surface area contributed by atoms with E-state index in [1.807, 2.05) is 55.5 Å². The molecule has 5 rings (SSSR count). The van der Waals surface area contributed by atoms with Crippen LogP contribution in [0.5, 0.6) is 0 Å². The molecule has 0 spiro atoms. The van der Waals surface area contributed by atoms with Crippen LogP contribution in [-0.2, 0) is 10.0 Å². The quantitative estimate of drug-likeness (QED) is 0.248. The van der Waals surface area contributed by atoms with Crippen molar-refractivity contribution in [2.75, 3.05) is 22.0 Å². The molecule has 0 fully saturated rings. The first kappa shape index (κ1) is 26.2. The summed E-state index contributed by atoms with van der Waals surface area (Å²) < 4.78 is 27.2. The number of benzene rings is 3. The van der Waals surface area contributed by atoms with Crippen LogP contribution in [0.2, 0.25) is 5.02 Å². The minimum absolute atomic E-state index is 0.0783. The van der Waals surface area contributed by atoms with Crippen molar-refractivity contribution in [3.05, 3.63) is 106 Å². The monoisotopic (exact) mass is 560 g/mol. The number of halogens is 1. The Kier molecular flexibility index (Phi) is 6.98. The zero-order valence-electron chi connectivity index (χ0n) is 21.1. The topological polar surface area (TPSA) is 132 Å².